The van der Waals surface area contributed by atoms with Gasteiger partial charge in [-0.05, 0) is 56.9 Å². The monoisotopic (exact) mass is 390 g/mol. The van der Waals surface area contributed by atoms with Crippen LogP contribution in [-0.2, 0) is 16.6 Å². The first-order valence-electron chi connectivity index (χ1n) is 8.63. The van der Waals surface area contributed by atoms with Gasteiger partial charge in [0.1, 0.15) is 0 Å². The number of hydrogen-bond acceptors (Lipinski definition) is 5. The SMILES string of the molecule is CN(C)CCCS(=O)(=O)N(Cc1ccc(C(=O)NN)cc1)c1ccccc1. The highest BCUT2D eigenvalue weighted by Crippen LogP contribution is 2.22. The van der Waals surface area contributed by atoms with Crippen LogP contribution in [0.1, 0.15) is 22.3 Å². The summed E-state index contributed by atoms with van der Waals surface area (Å²) >= 11 is 0. The molecule has 27 heavy (non-hydrogen) atoms. The van der Waals surface area contributed by atoms with Crippen molar-refractivity contribution in [3.63, 3.8) is 0 Å². The fourth-order valence-corrected chi connectivity index (χ4v) is 4.13. The summed E-state index contributed by atoms with van der Waals surface area (Å²) in [7, 11) is 0.342. The lowest BCUT2D eigenvalue weighted by molar-refractivity contribution is 0.0953. The van der Waals surface area contributed by atoms with Gasteiger partial charge >= 0.3 is 0 Å². The molecule has 0 bridgehead atoms. The predicted octanol–water partition coefficient (Wildman–Crippen LogP) is 1.58. The number of sulfonamides is 1. The molecule has 0 spiro atoms. The maximum atomic E-state index is 13.0. The fraction of sp³-hybridized carbons (Fsp3) is 0.316. The van der Waals surface area contributed by atoms with E-state index < -0.39 is 15.9 Å². The molecule has 0 saturated heterocycles. The first-order valence-corrected chi connectivity index (χ1v) is 10.2. The number of carbonyl (C=O) groups excluding carboxylic acids is 1. The number of anilines is 1. The summed E-state index contributed by atoms with van der Waals surface area (Å²) in [5, 5.41) is 0. The van der Waals surface area contributed by atoms with E-state index in [1.807, 2.05) is 37.2 Å². The number of rotatable bonds is 9. The average Bonchev–Trinajstić information content (AvgIpc) is 2.66. The van der Waals surface area contributed by atoms with E-state index in [1.54, 1.807) is 36.4 Å². The van der Waals surface area contributed by atoms with Crippen molar-refractivity contribution in [3.05, 3.63) is 65.7 Å². The highest BCUT2D eigenvalue weighted by molar-refractivity contribution is 7.92. The lowest BCUT2D eigenvalue weighted by Crippen LogP contribution is -2.33. The molecule has 3 N–H and O–H groups in total. The summed E-state index contributed by atoms with van der Waals surface area (Å²) in [4.78, 5) is 13.5. The summed E-state index contributed by atoms with van der Waals surface area (Å²) in [5.41, 5.74) is 3.89. The Balaban J connectivity index is 2.24. The molecule has 0 aliphatic rings. The molecule has 0 heterocycles. The van der Waals surface area contributed by atoms with Crippen LogP contribution in [0.5, 0.6) is 0 Å². The molecule has 0 saturated carbocycles. The number of nitrogen functional groups attached to an aromatic ring is 1. The molecule has 7 nitrogen and oxygen atoms in total. The van der Waals surface area contributed by atoms with Crippen molar-refractivity contribution in [3.8, 4) is 0 Å². The Morgan fingerprint density at radius 2 is 1.67 bits per heavy atom. The van der Waals surface area contributed by atoms with Crippen LogP contribution in [0.2, 0.25) is 0 Å². The molecule has 2 aromatic carbocycles. The highest BCUT2D eigenvalue weighted by Gasteiger charge is 2.22. The zero-order chi connectivity index (χ0) is 19.9. The Kier molecular flexibility index (Phi) is 7.35. The van der Waals surface area contributed by atoms with Gasteiger partial charge in [0.15, 0.2) is 0 Å². The number of nitrogens with one attached hydrogen (secondary N) is 1. The zero-order valence-electron chi connectivity index (χ0n) is 15.6. The van der Waals surface area contributed by atoms with E-state index >= 15 is 0 Å². The molecule has 0 unspecified atom stereocenters. The second kappa shape index (κ2) is 9.50. The quantitative estimate of drug-likeness (QED) is 0.385. The minimum atomic E-state index is -3.49. The van der Waals surface area contributed by atoms with Gasteiger partial charge in [-0.15, -0.1) is 0 Å². The first-order chi connectivity index (χ1) is 12.8. The topological polar surface area (TPSA) is 95.7 Å². The van der Waals surface area contributed by atoms with Crippen molar-refractivity contribution in [1.29, 1.82) is 0 Å². The number of benzene rings is 2. The predicted molar refractivity (Wildman–Crippen MR) is 108 cm³/mol. The minimum Gasteiger partial charge on any atom is -0.309 e. The van der Waals surface area contributed by atoms with E-state index in [0.29, 0.717) is 24.2 Å². The van der Waals surface area contributed by atoms with Crippen LogP contribution in [0.25, 0.3) is 0 Å². The van der Waals surface area contributed by atoms with Gasteiger partial charge in [0.05, 0.1) is 18.0 Å². The van der Waals surface area contributed by atoms with Crippen LogP contribution in [0.4, 0.5) is 5.69 Å². The molecule has 0 aromatic heterocycles. The molecule has 2 rings (SSSR count). The number of hydrazine groups is 1. The largest absolute Gasteiger partial charge is 0.309 e. The molecule has 0 aliphatic carbocycles. The second-order valence-corrected chi connectivity index (χ2v) is 8.50. The number of amides is 1. The van der Waals surface area contributed by atoms with E-state index in [1.165, 1.54) is 4.31 Å². The average molecular weight is 391 g/mol. The van der Waals surface area contributed by atoms with E-state index in [0.717, 1.165) is 5.56 Å². The minimum absolute atomic E-state index is 0.0632. The Labute approximate surface area is 160 Å². The Morgan fingerprint density at radius 1 is 1.04 bits per heavy atom. The zero-order valence-corrected chi connectivity index (χ0v) is 16.4. The highest BCUT2D eigenvalue weighted by atomic mass is 32.2. The van der Waals surface area contributed by atoms with Crippen LogP contribution in [0.3, 0.4) is 0 Å². The van der Waals surface area contributed by atoms with Gasteiger partial charge in [0.2, 0.25) is 10.0 Å². The molecule has 2 aromatic rings. The van der Waals surface area contributed by atoms with E-state index in [2.05, 4.69) is 5.43 Å². The van der Waals surface area contributed by atoms with E-state index in [9.17, 15) is 13.2 Å². The molecule has 0 aliphatic heterocycles. The van der Waals surface area contributed by atoms with Crippen molar-refractivity contribution in [1.82, 2.24) is 10.3 Å². The van der Waals surface area contributed by atoms with Crippen LogP contribution in [0, 0.1) is 0 Å². The van der Waals surface area contributed by atoms with Crippen molar-refractivity contribution in [2.45, 2.75) is 13.0 Å². The maximum Gasteiger partial charge on any atom is 0.265 e. The third-order valence-corrected chi connectivity index (χ3v) is 5.88. The van der Waals surface area contributed by atoms with Crippen LogP contribution < -0.4 is 15.6 Å². The van der Waals surface area contributed by atoms with Crippen LogP contribution in [-0.4, -0.2) is 45.6 Å². The molecular weight excluding hydrogens is 364 g/mol. The van der Waals surface area contributed by atoms with Gasteiger partial charge in [-0.3, -0.25) is 14.5 Å². The summed E-state index contributed by atoms with van der Waals surface area (Å²) in [6.45, 7) is 0.892. The molecule has 1 amide bonds. The Morgan fingerprint density at radius 3 is 2.22 bits per heavy atom. The normalized spacial score (nSPS) is 11.4. The summed E-state index contributed by atoms with van der Waals surface area (Å²) < 4.78 is 27.3. The standard InChI is InChI=1S/C19H26N4O3S/c1-22(2)13-6-14-27(25,26)23(18-7-4-3-5-8-18)15-16-9-11-17(12-10-16)19(24)21-20/h3-5,7-12H,6,13-15,20H2,1-2H3,(H,21,24). The molecule has 8 heteroatoms. The lowest BCUT2D eigenvalue weighted by Gasteiger charge is -2.25. The number of para-hydroxylation sites is 1. The van der Waals surface area contributed by atoms with Crippen molar-refractivity contribution < 1.29 is 13.2 Å². The Bertz CT molecular complexity index is 837. The van der Waals surface area contributed by atoms with Gasteiger partial charge in [-0.1, -0.05) is 30.3 Å². The number of nitrogens with zero attached hydrogens (tertiary/aromatic N) is 2. The smallest absolute Gasteiger partial charge is 0.265 e. The van der Waals surface area contributed by atoms with Crippen molar-refractivity contribution in [2.75, 3.05) is 30.7 Å². The van der Waals surface area contributed by atoms with E-state index in [-0.39, 0.29) is 12.3 Å². The van der Waals surface area contributed by atoms with Crippen molar-refractivity contribution >= 4 is 21.6 Å². The van der Waals surface area contributed by atoms with Crippen LogP contribution in [0.15, 0.2) is 54.6 Å². The molecule has 0 fully saturated rings. The van der Waals surface area contributed by atoms with Crippen LogP contribution >= 0.6 is 0 Å². The summed E-state index contributed by atoms with van der Waals surface area (Å²) in [6, 6.07) is 15.7. The summed E-state index contributed by atoms with van der Waals surface area (Å²) in [5.74, 6) is 4.81. The lowest BCUT2D eigenvalue weighted by atomic mass is 10.1. The first kappa shape index (κ1) is 20.9. The second-order valence-electron chi connectivity index (χ2n) is 6.49. The Hall–Kier alpha value is -2.42. The fourth-order valence-electron chi connectivity index (χ4n) is 2.63. The summed E-state index contributed by atoms with van der Waals surface area (Å²) in [6.07, 6.45) is 0.550. The third kappa shape index (κ3) is 6.06. The van der Waals surface area contributed by atoms with Gasteiger partial charge in [0, 0.05) is 5.56 Å². The van der Waals surface area contributed by atoms with Gasteiger partial charge in [-0.2, -0.15) is 0 Å². The molecule has 0 atom stereocenters. The number of hydrogen-bond donors (Lipinski definition) is 2. The molecular formula is C19H26N4O3S. The molecule has 0 radical (unpaired) electrons. The molecule has 146 valence electrons. The van der Waals surface area contributed by atoms with E-state index in [4.69, 9.17) is 5.84 Å². The number of carbonyl (C=O) groups is 1. The van der Waals surface area contributed by atoms with Gasteiger partial charge in [-0.25, -0.2) is 14.3 Å². The van der Waals surface area contributed by atoms with Crippen molar-refractivity contribution in [2.24, 2.45) is 5.84 Å². The van der Waals surface area contributed by atoms with Gasteiger partial charge < -0.3 is 4.90 Å². The third-order valence-electron chi connectivity index (χ3n) is 4.06. The van der Waals surface area contributed by atoms with Gasteiger partial charge in [0.25, 0.3) is 5.91 Å². The maximum absolute atomic E-state index is 13.0. The number of nitrogens with two attached hydrogens (primary N) is 1.